The molecule has 0 N–H and O–H groups in total. The Morgan fingerprint density at radius 1 is 1.14 bits per heavy atom. The third kappa shape index (κ3) is 2.64. The van der Waals surface area contributed by atoms with Crippen LogP contribution in [0.4, 0.5) is 22.0 Å². The molecule has 82 valence electrons. The summed E-state index contributed by atoms with van der Waals surface area (Å²) in [7, 11) is 0. The summed E-state index contributed by atoms with van der Waals surface area (Å²) in [6.45, 7) is 1.14. The van der Waals surface area contributed by atoms with Crippen LogP contribution in [0.1, 0.15) is 13.3 Å². The Bertz CT molecular complexity index is 244. The molecule has 0 radical (unpaired) electrons. The highest BCUT2D eigenvalue weighted by Gasteiger charge is 2.65. The van der Waals surface area contributed by atoms with Crippen LogP contribution in [0.25, 0.3) is 0 Å². The van der Waals surface area contributed by atoms with Gasteiger partial charge in [-0.2, -0.15) is 22.0 Å². The quantitative estimate of drug-likeness (QED) is 0.404. The van der Waals surface area contributed by atoms with Crippen LogP contribution in [0, 0.1) is 0 Å². The van der Waals surface area contributed by atoms with Crippen LogP contribution >= 0.6 is 0 Å². The molecule has 0 aromatic rings. The summed E-state index contributed by atoms with van der Waals surface area (Å²) < 4.78 is 61.8. The first kappa shape index (κ1) is 12.8. The minimum Gasteiger partial charge on any atom is -0.388 e. The molecule has 8 heteroatoms. The Morgan fingerprint density at radius 3 is 1.86 bits per heavy atom. The van der Waals surface area contributed by atoms with E-state index < -0.39 is 30.5 Å². The van der Waals surface area contributed by atoms with Crippen molar-refractivity contribution in [2.75, 3.05) is 0 Å². The second-order valence-electron chi connectivity index (χ2n) is 2.19. The topological polar surface area (TPSA) is 43.4 Å². The summed E-state index contributed by atoms with van der Waals surface area (Å²) in [6, 6.07) is 0. The van der Waals surface area contributed by atoms with Gasteiger partial charge in [0.1, 0.15) is 0 Å². The van der Waals surface area contributed by atoms with E-state index in [2.05, 4.69) is 4.74 Å². The summed E-state index contributed by atoms with van der Waals surface area (Å²) in [5.74, 6) is -10.0. The first-order chi connectivity index (χ1) is 6.13. The van der Waals surface area contributed by atoms with Gasteiger partial charge in [0.15, 0.2) is 0 Å². The minimum atomic E-state index is -6.06. The summed E-state index contributed by atoms with van der Waals surface area (Å²) in [4.78, 5) is 20.4. The van der Waals surface area contributed by atoms with Crippen molar-refractivity contribution < 1.29 is 36.3 Å². The van der Waals surface area contributed by atoms with Crippen LogP contribution in [0.3, 0.4) is 0 Å². The number of hydrogen-bond donors (Lipinski definition) is 0. The van der Waals surface area contributed by atoms with Crippen molar-refractivity contribution in [1.29, 1.82) is 0 Å². The summed E-state index contributed by atoms with van der Waals surface area (Å²) in [6.07, 6.45) is -6.53. The first-order valence-electron chi connectivity index (χ1n) is 3.32. The molecule has 0 aromatic heterocycles. The summed E-state index contributed by atoms with van der Waals surface area (Å²) in [5.41, 5.74) is 0. The van der Waals surface area contributed by atoms with Crippen LogP contribution in [0.15, 0.2) is 0 Å². The van der Waals surface area contributed by atoms with Crippen molar-refractivity contribution >= 4 is 11.9 Å². The number of esters is 2. The van der Waals surface area contributed by atoms with E-state index in [-0.39, 0.29) is 0 Å². The largest absolute Gasteiger partial charge is 0.465 e. The highest BCUT2D eigenvalue weighted by Crippen LogP contribution is 2.36. The second kappa shape index (κ2) is 3.89. The van der Waals surface area contributed by atoms with Gasteiger partial charge in [-0.1, -0.05) is 6.92 Å². The smallest absolute Gasteiger partial charge is 0.388 e. The maximum atomic E-state index is 12.1. The predicted octanol–water partition coefficient (Wildman–Crippen LogP) is 1.66. The highest BCUT2D eigenvalue weighted by atomic mass is 19.4. The monoisotopic (exact) mass is 220 g/mol. The van der Waals surface area contributed by atoms with Gasteiger partial charge in [-0.15, -0.1) is 0 Å². The molecular weight excluding hydrogens is 215 g/mol. The SMILES string of the molecule is CCC(=O)OC(=O)C(F)(F)C(F)(F)F. The normalized spacial score (nSPS) is 12.4. The Balaban J connectivity index is 4.61. The third-order valence-corrected chi connectivity index (χ3v) is 1.11. The van der Waals surface area contributed by atoms with E-state index in [1.54, 1.807) is 0 Å². The Labute approximate surface area is 74.8 Å². The molecule has 0 amide bonds. The van der Waals surface area contributed by atoms with Gasteiger partial charge in [-0.3, -0.25) is 4.79 Å². The fraction of sp³-hybridized carbons (Fsp3) is 0.667. The zero-order valence-corrected chi connectivity index (χ0v) is 6.82. The Kier molecular flexibility index (Phi) is 3.55. The Morgan fingerprint density at radius 2 is 1.57 bits per heavy atom. The molecule has 0 aliphatic rings. The van der Waals surface area contributed by atoms with E-state index in [9.17, 15) is 31.5 Å². The van der Waals surface area contributed by atoms with Gasteiger partial charge < -0.3 is 4.74 Å². The van der Waals surface area contributed by atoms with Gasteiger partial charge in [-0.05, 0) is 0 Å². The number of carbonyl (C=O) groups is 2. The molecule has 0 spiro atoms. The molecular formula is C6H5F5O3. The van der Waals surface area contributed by atoms with Crippen molar-refractivity contribution in [3.63, 3.8) is 0 Å². The molecule has 0 aromatic carbocycles. The maximum Gasteiger partial charge on any atom is 0.465 e. The van der Waals surface area contributed by atoms with Crippen molar-refractivity contribution in [2.45, 2.75) is 25.4 Å². The molecule has 0 unspecified atom stereocenters. The van der Waals surface area contributed by atoms with Crippen LogP contribution in [0.5, 0.6) is 0 Å². The molecule has 0 fully saturated rings. The molecule has 0 saturated heterocycles. The van der Waals surface area contributed by atoms with E-state index in [0.717, 1.165) is 6.92 Å². The average molecular weight is 220 g/mol. The number of carbonyl (C=O) groups excluding carboxylic acids is 2. The number of hydrogen-bond acceptors (Lipinski definition) is 3. The average Bonchev–Trinajstić information content (AvgIpc) is 2.01. The maximum absolute atomic E-state index is 12.1. The highest BCUT2D eigenvalue weighted by molar-refractivity contribution is 5.89. The van der Waals surface area contributed by atoms with Crippen molar-refractivity contribution in [3.05, 3.63) is 0 Å². The van der Waals surface area contributed by atoms with Crippen LogP contribution < -0.4 is 0 Å². The predicted molar refractivity (Wildman–Crippen MR) is 32.4 cm³/mol. The van der Waals surface area contributed by atoms with E-state index in [1.165, 1.54) is 0 Å². The number of rotatable bonds is 2. The van der Waals surface area contributed by atoms with Crippen molar-refractivity contribution in [2.24, 2.45) is 0 Å². The zero-order chi connectivity index (χ0) is 11.6. The standard InChI is InChI=1S/C6H5F5O3/c1-2-3(12)14-4(13)5(7,8)6(9,10)11/h2H2,1H3. The van der Waals surface area contributed by atoms with Gasteiger partial charge >= 0.3 is 24.0 Å². The minimum absolute atomic E-state index is 0.473. The van der Waals surface area contributed by atoms with Gasteiger partial charge in [0.2, 0.25) is 0 Å². The van der Waals surface area contributed by atoms with Gasteiger partial charge in [0, 0.05) is 6.42 Å². The van der Waals surface area contributed by atoms with Crippen molar-refractivity contribution in [1.82, 2.24) is 0 Å². The summed E-state index contributed by atoms with van der Waals surface area (Å²) >= 11 is 0. The molecule has 0 aliphatic carbocycles. The molecule has 0 heterocycles. The lowest BCUT2D eigenvalue weighted by Gasteiger charge is -2.16. The lowest BCUT2D eigenvalue weighted by atomic mass is 10.3. The fourth-order valence-corrected chi connectivity index (χ4v) is 0.355. The van der Waals surface area contributed by atoms with Gasteiger partial charge in [0.05, 0.1) is 0 Å². The second-order valence-corrected chi connectivity index (χ2v) is 2.19. The number of halogens is 5. The third-order valence-electron chi connectivity index (χ3n) is 1.11. The fourth-order valence-electron chi connectivity index (χ4n) is 0.355. The molecule has 14 heavy (non-hydrogen) atoms. The molecule has 3 nitrogen and oxygen atoms in total. The van der Waals surface area contributed by atoms with E-state index in [0.29, 0.717) is 0 Å². The first-order valence-corrected chi connectivity index (χ1v) is 3.32. The van der Waals surface area contributed by atoms with E-state index in [4.69, 9.17) is 0 Å². The number of ether oxygens (including phenoxy) is 1. The van der Waals surface area contributed by atoms with Crippen molar-refractivity contribution in [3.8, 4) is 0 Å². The van der Waals surface area contributed by atoms with E-state index >= 15 is 0 Å². The summed E-state index contributed by atoms with van der Waals surface area (Å²) in [5, 5.41) is 0. The van der Waals surface area contributed by atoms with Crippen LogP contribution in [0.2, 0.25) is 0 Å². The zero-order valence-electron chi connectivity index (χ0n) is 6.82. The Hall–Kier alpha value is -1.21. The van der Waals surface area contributed by atoms with Gasteiger partial charge in [-0.25, -0.2) is 4.79 Å². The van der Waals surface area contributed by atoms with Crippen LogP contribution in [-0.4, -0.2) is 24.0 Å². The van der Waals surface area contributed by atoms with Gasteiger partial charge in [0.25, 0.3) is 0 Å². The lowest BCUT2D eigenvalue weighted by Crippen LogP contribution is -2.45. The molecule has 0 bridgehead atoms. The molecule has 0 aliphatic heterocycles. The molecule has 0 atom stereocenters. The molecule has 0 saturated carbocycles. The number of alkyl halides is 5. The van der Waals surface area contributed by atoms with Crippen LogP contribution in [-0.2, 0) is 14.3 Å². The lowest BCUT2D eigenvalue weighted by molar-refractivity contribution is -0.279. The van der Waals surface area contributed by atoms with E-state index in [1.807, 2.05) is 0 Å². The molecule has 0 rings (SSSR count).